The normalized spacial score (nSPS) is 22.6. The molecule has 0 aromatic rings. The van der Waals surface area contributed by atoms with E-state index in [1.807, 2.05) is 0 Å². The molecule has 1 saturated heterocycles. The quantitative estimate of drug-likeness (QED) is 0.683. The lowest BCUT2D eigenvalue weighted by molar-refractivity contribution is 0.0885. The zero-order chi connectivity index (χ0) is 15.0. The van der Waals surface area contributed by atoms with E-state index in [0.29, 0.717) is 6.04 Å². The van der Waals surface area contributed by atoms with Gasteiger partial charge in [-0.2, -0.15) is 0 Å². The van der Waals surface area contributed by atoms with Crippen LogP contribution in [0.2, 0.25) is 0 Å². The number of aliphatic hydroxyl groups is 1. The van der Waals surface area contributed by atoms with Gasteiger partial charge in [0.25, 0.3) is 0 Å². The first kappa shape index (κ1) is 17.9. The predicted octanol–water partition coefficient (Wildman–Crippen LogP) is 3.03. The number of nitrogens with one attached hydrogen (secondary N) is 1. The molecule has 0 saturated carbocycles. The number of nitrogens with zero attached hydrogens (tertiary/aromatic N) is 1. The van der Waals surface area contributed by atoms with Crippen LogP contribution in [0.1, 0.15) is 66.2 Å². The molecule has 3 nitrogen and oxygen atoms in total. The molecule has 0 spiro atoms. The fourth-order valence-electron chi connectivity index (χ4n) is 3.49. The summed E-state index contributed by atoms with van der Waals surface area (Å²) < 4.78 is 0. The van der Waals surface area contributed by atoms with Gasteiger partial charge in [-0.25, -0.2) is 0 Å². The summed E-state index contributed by atoms with van der Waals surface area (Å²) in [6, 6.07) is 0.555. The van der Waals surface area contributed by atoms with Crippen LogP contribution in [0, 0.1) is 5.92 Å². The Balaban J connectivity index is 2.40. The van der Waals surface area contributed by atoms with Gasteiger partial charge in [0.15, 0.2) is 0 Å². The minimum Gasteiger partial charge on any atom is -0.394 e. The Morgan fingerprint density at radius 3 is 2.40 bits per heavy atom. The van der Waals surface area contributed by atoms with Crippen molar-refractivity contribution in [3.05, 3.63) is 0 Å². The summed E-state index contributed by atoms with van der Waals surface area (Å²) in [5.74, 6) is 0.950. The first-order valence-corrected chi connectivity index (χ1v) is 8.64. The van der Waals surface area contributed by atoms with Gasteiger partial charge < -0.3 is 15.3 Å². The monoisotopic (exact) mass is 284 g/mol. The largest absolute Gasteiger partial charge is 0.394 e. The predicted molar refractivity (Wildman–Crippen MR) is 87.1 cm³/mol. The van der Waals surface area contributed by atoms with E-state index in [0.717, 1.165) is 25.3 Å². The maximum Gasteiger partial charge on any atom is 0.0611 e. The lowest BCUT2D eigenvalue weighted by atomic mass is 9.89. The summed E-state index contributed by atoms with van der Waals surface area (Å²) in [6.07, 6.45) is 7.58. The van der Waals surface area contributed by atoms with Crippen LogP contribution in [0.15, 0.2) is 0 Å². The number of rotatable bonds is 9. The molecule has 120 valence electrons. The standard InChI is InChI=1S/C17H36N2O/c1-5-7-16-8-11-19(12-9-16)15(3)13-17(4,14-20)18-10-6-2/h15-16,18,20H,5-14H2,1-4H3. The molecule has 0 aromatic heterocycles. The summed E-state index contributed by atoms with van der Waals surface area (Å²) in [5, 5.41) is 13.2. The SMILES string of the molecule is CCCNC(C)(CO)CC(C)N1CCC(CCC)CC1. The molecule has 0 amide bonds. The molecule has 3 heteroatoms. The molecule has 20 heavy (non-hydrogen) atoms. The van der Waals surface area contributed by atoms with Gasteiger partial charge in [0, 0.05) is 11.6 Å². The summed E-state index contributed by atoms with van der Waals surface area (Å²) in [4.78, 5) is 2.62. The summed E-state index contributed by atoms with van der Waals surface area (Å²) in [7, 11) is 0. The molecule has 0 aliphatic carbocycles. The lowest BCUT2D eigenvalue weighted by Crippen LogP contribution is -2.51. The van der Waals surface area contributed by atoms with E-state index in [1.54, 1.807) is 0 Å². The van der Waals surface area contributed by atoms with E-state index < -0.39 is 0 Å². The van der Waals surface area contributed by atoms with E-state index in [9.17, 15) is 5.11 Å². The Labute approximate surface area is 126 Å². The Morgan fingerprint density at radius 1 is 1.25 bits per heavy atom. The number of likely N-dealkylation sites (tertiary alicyclic amines) is 1. The Bertz CT molecular complexity index is 251. The van der Waals surface area contributed by atoms with Crippen molar-refractivity contribution in [2.24, 2.45) is 5.92 Å². The number of aliphatic hydroxyl groups excluding tert-OH is 1. The molecular weight excluding hydrogens is 248 g/mol. The van der Waals surface area contributed by atoms with Crippen molar-refractivity contribution in [3.63, 3.8) is 0 Å². The van der Waals surface area contributed by atoms with Crippen molar-refractivity contribution in [3.8, 4) is 0 Å². The second-order valence-corrected chi connectivity index (χ2v) is 6.97. The summed E-state index contributed by atoms with van der Waals surface area (Å²) in [6.45, 7) is 12.6. The second-order valence-electron chi connectivity index (χ2n) is 6.97. The third-order valence-corrected chi connectivity index (χ3v) is 4.87. The van der Waals surface area contributed by atoms with Crippen LogP contribution < -0.4 is 5.32 Å². The van der Waals surface area contributed by atoms with Gasteiger partial charge >= 0.3 is 0 Å². The molecule has 0 radical (unpaired) electrons. The first-order chi connectivity index (χ1) is 9.54. The zero-order valence-corrected chi connectivity index (χ0v) is 14.1. The van der Waals surface area contributed by atoms with Gasteiger partial charge in [-0.3, -0.25) is 0 Å². The molecule has 1 rings (SSSR count). The molecule has 2 atom stereocenters. The highest BCUT2D eigenvalue weighted by Gasteiger charge is 2.29. The maximum atomic E-state index is 9.69. The number of hydrogen-bond donors (Lipinski definition) is 2. The number of hydrogen-bond acceptors (Lipinski definition) is 3. The molecular formula is C17H36N2O. The zero-order valence-electron chi connectivity index (χ0n) is 14.1. The fourth-order valence-corrected chi connectivity index (χ4v) is 3.49. The van der Waals surface area contributed by atoms with E-state index in [4.69, 9.17) is 0 Å². The van der Waals surface area contributed by atoms with Gasteiger partial charge in [-0.1, -0.05) is 26.7 Å². The molecule has 2 unspecified atom stereocenters. The first-order valence-electron chi connectivity index (χ1n) is 8.64. The van der Waals surface area contributed by atoms with Crippen molar-refractivity contribution in [2.75, 3.05) is 26.2 Å². The molecule has 1 aliphatic rings. The van der Waals surface area contributed by atoms with Crippen molar-refractivity contribution >= 4 is 0 Å². The Morgan fingerprint density at radius 2 is 1.90 bits per heavy atom. The van der Waals surface area contributed by atoms with Crippen LogP contribution in [0.5, 0.6) is 0 Å². The highest BCUT2D eigenvalue weighted by molar-refractivity contribution is 4.88. The molecule has 0 aromatic carbocycles. The van der Waals surface area contributed by atoms with Crippen LogP contribution in [0.25, 0.3) is 0 Å². The van der Waals surface area contributed by atoms with Crippen molar-refractivity contribution in [1.82, 2.24) is 10.2 Å². The van der Waals surface area contributed by atoms with E-state index in [-0.39, 0.29) is 12.1 Å². The highest BCUT2D eigenvalue weighted by atomic mass is 16.3. The van der Waals surface area contributed by atoms with Gasteiger partial charge in [0.05, 0.1) is 6.61 Å². The van der Waals surface area contributed by atoms with E-state index >= 15 is 0 Å². The van der Waals surface area contributed by atoms with Crippen LogP contribution in [-0.4, -0.2) is 47.8 Å². The molecule has 2 N–H and O–H groups in total. The minimum atomic E-state index is -0.129. The van der Waals surface area contributed by atoms with Crippen LogP contribution >= 0.6 is 0 Å². The van der Waals surface area contributed by atoms with Gasteiger partial charge in [0.2, 0.25) is 0 Å². The highest BCUT2D eigenvalue weighted by Crippen LogP contribution is 2.25. The van der Waals surface area contributed by atoms with E-state index in [1.165, 1.54) is 38.8 Å². The smallest absolute Gasteiger partial charge is 0.0611 e. The topological polar surface area (TPSA) is 35.5 Å². The van der Waals surface area contributed by atoms with Crippen molar-refractivity contribution < 1.29 is 5.11 Å². The third kappa shape index (κ3) is 5.71. The van der Waals surface area contributed by atoms with E-state index in [2.05, 4.69) is 37.9 Å². The van der Waals surface area contributed by atoms with Gasteiger partial charge in [-0.05, 0) is 65.1 Å². The summed E-state index contributed by atoms with van der Waals surface area (Å²) >= 11 is 0. The maximum absolute atomic E-state index is 9.69. The second kappa shape index (κ2) is 9.01. The van der Waals surface area contributed by atoms with Crippen molar-refractivity contribution in [1.29, 1.82) is 0 Å². The van der Waals surface area contributed by atoms with Crippen molar-refractivity contribution in [2.45, 2.75) is 77.8 Å². The van der Waals surface area contributed by atoms with Crippen LogP contribution in [0.3, 0.4) is 0 Å². The Hall–Kier alpha value is -0.120. The summed E-state index contributed by atoms with van der Waals surface area (Å²) in [5.41, 5.74) is -0.129. The molecule has 1 aliphatic heterocycles. The molecule has 0 bridgehead atoms. The van der Waals surface area contributed by atoms with Gasteiger partial charge in [-0.15, -0.1) is 0 Å². The van der Waals surface area contributed by atoms with Crippen LogP contribution in [0.4, 0.5) is 0 Å². The molecule has 1 fully saturated rings. The Kier molecular flexibility index (Phi) is 8.08. The molecule has 1 heterocycles. The van der Waals surface area contributed by atoms with Crippen LogP contribution in [-0.2, 0) is 0 Å². The average molecular weight is 284 g/mol. The number of piperidine rings is 1. The minimum absolute atomic E-state index is 0.129. The lowest BCUT2D eigenvalue weighted by Gasteiger charge is -2.40. The fraction of sp³-hybridized carbons (Fsp3) is 1.00. The average Bonchev–Trinajstić information content (AvgIpc) is 2.46. The third-order valence-electron chi connectivity index (χ3n) is 4.87. The van der Waals surface area contributed by atoms with Gasteiger partial charge in [0.1, 0.15) is 0 Å².